The van der Waals surface area contributed by atoms with Gasteiger partial charge in [-0.05, 0) is 43.7 Å². The molecule has 1 aromatic carbocycles. The van der Waals surface area contributed by atoms with Crippen LogP contribution in [-0.2, 0) is 0 Å². The lowest BCUT2D eigenvalue weighted by Crippen LogP contribution is -2.27. The third-order valence-electron chi connectivity index (χ3n) is 3.29. The first-order valence-corrected chi connectivity index (χ1v) is 7.06. The van der Waals surface area contributed by atoms with Crippen LogP contribution in [0.2, 0.25) is 0 Å². The van der Waals surface area contributed by atoms with E-state index in [0.717, 1.165) is 12.2 Å². The van der Waals surface area contributed by atoms with Gasteiger partial charge in [-0.2, -0.15) is 11.8 Å². The van der Waals surface area contributed by atoms with Crippen molar-refractivity contribution < 1.29 is 4.79 Å². The number of hydrogen-bond donors (Lipinski definition) is 3. The SMILES string of the molecule is CC1(CNc2ccc(N)c(C(N)=O)c2)CCCS1. The molecule has 1 unspecified atom stereocenters. The number of carbonyl (C=O) groups excluding carboxylic acids is 1. The van der Waals surface area contributed by atoms with Crippen LogP contribution in [0.1, 0.15) is 30.1 Å². The van der Waals surface area contributed by atoms with Crippen molar-refractivity contribution in [2.75, 3.05) is 23.3 Å². The Balaban J connectivity index is 2.05. The minimum atomic E-state index is -0.488. The first-order valence-electron chi connectivity index (χ1n) is 6.07. The lowest BCUT2D eigenvalue weighted by atomic mass is 10.1. The lowest BCUT2D eigenvalue weighted by molar-refractivity contribution is 0.100. The molecule has 1 aliphatic rings. The number of primary amides is 1. The van der Waals surface area contributed by atoms with E-state index in [-0.39, 0.29) is 4.75 Å². The number of thioether (sulfide) groups is 1. The largest absolute Gasteiger partial charge is 0.398 e. The minimum absolute atomic E-state index is 0.286. The van der Waals surface area contributed by atoms with Gasteiger partial charge in [-0.1, -0.05) is 0 Å². The van der Waals surface area contributed by atoms with Crippen LogP contribution in [0.3, 0.4) is 0 Å². The quantitative estimate of drug-likeness (QED) is 0.728. The number of rotatable bonds is 4. The Kier molecular flexibility index (Phi) is 3.71. The normalized spacial score (nSPS) is 22.9. The maximum atomic E-state index is 11.2. The van der Waals surface area contributed by atoms with Crippen molar-refractivity contribution in [1.82, 2.24) is 0 Å². The lowest BCUT2D eigenvalue weighted by Gasteiger charge is -2.23. The number of nitrogen functional groups attached to an aromatic ring is 1. The number of amides is 1. The molecule has 0 aromatic heterocycles. The highest BCUT2D eigenvalue weighted by Gasteiger charge is 2.29. The van der Waals surface area contributed by atoms with Gasteiger partial charge in [0.25, 0.3) is 5.91 Å². The topological polar surface area (TPSA) is 81.1 Å². The number of anilines is 2. The molecule has 5 heteroatoms. The Bertz CT molecular complexity index is 456. The molecule has 5 N–H and O–H groups in total. The molecule has 1 atom stereocenters. The molecule has 0 aliphatic carbocycles. The molecule has 2 rings (SSSR count). The van der Waals surface area contributed by atoms with Crippen LogP contribution in [0, 0.1) is 0 Å². The Labute approximate surface area is 111 Å². The Hall–Kier alpha value is -1.36. The summed E-state index contributed by atoms with van der Waals surface area (Å²) in [5.41, 5.74) is 12.7. The zero-order valence-electron chi connectivity index (χ0n) is 10.5. The molecule has 1 aromatic rings. The molecule has 4 nitrogen and oxygen atoms in total. The van der Waals surface area contributed by atoms with Gasteiger partial charge < -0.3 is 16.8 Å². The van der Waals surface area contributed by atoms with Crippen molar-refractivity contribution in [2.24, 2.45) is 5.73 Å². The number of hydrogen-bond acceptors (Lipinski definition) is 4. The maximum Gasteiger partial charge on any atom is 0.250 e. The van der Waals surface area contributed by atoms with E-state index in [9.17, 15) is 4.79 Å². The van der Waals surface area contributed by atoms with Crippen molar-refractivity contribution in [1.29, 1.82) is 0 Å². The van der Waals surface area contributed by atoms with Crippen molar-refractivity contribution in [3.05, 3.63) is 23.8 Å². The van der Waals surface area contributed by atoms with Gasteiger partial charge in [0, 0.05) is 22.7 Å². The van der Waals surface area contributed by atoms with E-state index in [2.05, 4.69) is 12.2 Å². The number of carbonyl (C=O) groups is 1. The highest BCUT2D eigenvalue weighted by atomic mass is 32.2. The van der Waals surface area contributed by atoms with Crippen LogP contribution in [0.4, 0.5) is 11.4 Å². The Morgan fingerprint density at radius 1 is 1.56 bits per heavy atom. The molecule has 1 saturated heterocycles. The molecular formula is C13H19N3OS. The van der Waals surface area contributed by atoms with Crippen molar-refractivity contribution >= 4 is 29.0 Å². The van der Waals surface area contributed by atoms with Gasteiger partial charge in [0.05, 0.1) is 5.56 Å². The first-order chi connectivity index (χ1) is 8.50. The number of benzene rings is 1. The first kappa shape index (κ1) is 13.1. The van der Waals surface area contributed by atoms with E-state index in [0.29, 0.717) is 11.3 Å². The van der Waals surface area contributed by atoms with Crippen LogP contribution >= 0.6 is 11.8 Å². The van der Waals surface area contributed by atoms with Crippen LogP contribution < -0.4 is 16.8 Å². The summed E-state index contributed by atoms with van der Waals surface area (Å²) in [7, 11) is 0. The number of nitrogens with two attached hydrogens (primary N) is 2. The molecule has 1 amide bonds. The fourth-order valence-corrected chi connectivity index (χ4v) is 3.39. The van der Waals surface area contributed by atoms with Gasteiger partial charge >= 0.3 is 0 Å². The van der Waals surface area contributed by atoms with Gasteiger partial charge in [0.2, 0.25) is 0 Å². The zero-order valence-corrected chi connectivity index (χ0v) is 11.3. The van der Waals surface area contributed by atoms with Crippen LogP contribution in [0.5, 0.6) is 0 Å². The summed E-state index contributed by atoms with van der Waals surface area (Å²) in [6, 6.07) is 5.32. The summed E-state index contributed by atoms with van der Waals surface area (Å²) in [5, 5.41) is 3.37. The van der Waals surface area contributed by atoms with E-state index in [1.165, 1.54) is 18.6 Å². The molecule has 0 saturated carbocycles. The fourth-order valence-electron chi connectivity index (χ4n) is 2.14. The van der Waals surface area contributed by atoms with Crippen molar-refractivity contribution in [2.45, 2.75) is 24.5 Å². The van der Waals surface area contributed by atoms with E-state index in [1.54, 1.807) is 12.1 Å². The van der Waals surface area contributed by atoms with Crippen molar-refractivity contribution in [3.63, 3.8) is 0 Å². The zero-order chi connectivity index (χ0) is 13.2. The van der Waals surface area contributed by atoms with Gasteiger partial charge in [-0.25, -0.2) is 0 Å². The second-order valence-electron chi connectivity index (χ2n) is 4.92. The monoisotopic (exact) mass is 265 g/mol. The fraction of sp³-hybridized carbons (Fsp3) is 0.462. The third kappa shape index (κ3) is 2.90. The molecule has 18 heavy (non-hydrogen) atoms. The number of nitrogens with one attached hydrogen (secondary N) is 1. The van der Waals surface area contributed by atoms with Gasteiger partial charge in [0.1, 0.15) is 0 Å². The third-order valence-corrected chi connectivity index (χ3v) is 4.82. The van der Waals surface area contributed by atoms with Crippen LogP contribution in [0.25, 0.3) is 0 Å². The van der Waals surface area contributed by atoms with E-state index in [4.69, 9.17) is 11.5 Å². The molecule has 0 radical (unpaired) electrons. The molecular weight excluding hydrogens is 246 g/mol. The highest BCUT2D eigenvalue weighted by Crippen LogP contribution is 2.37. The smallest absolute Gasteiger partial charge is 0.250 e. The minimum Gasteiger partial charge on any atom is -0.398 e. The van der Waals surface area contributed by atoms with Crippen molar-refractivity contribution in [3.8, 4) is 0 Å². The summed E-state index contributed by atoms with van der Waals surface area (Å²) in [6.07, 6.45) is 2.50. The van der Waals surface area contributed by atoms with Gasteiger partial charge in [-0.15, -0.1) is 0 Å². The van der Waals surface area contributed by atoms with Gasteiger partial charge in [-0.3, -0.25) is 4.79 Å². The second kappa shape index (κ2) is 5.10. The molecule has 1 aliphatic heterocycles. The standard InChI is InChI=1S/C13H19N3OS/c1-13(5-2-6-18-13)8-16-9-3-4-11(14)10(7-9)12(15)17/h3-4,7,16H,2,5-6,8,14H2,1H3,(H2,15,17). The maximum absolute atomic E-state index is 11.2. The van der Waals surface area contributed by atoms with E-state index >= 15 is 0 Å². The summed E-state index contributed by atoms with van der Waals surface area (Å²) < 4.78 is 0.286. The highest BCUT2D eigenvalue weighted by molar-refractivity contribution is 8.00. The molecule has 0 spiro atoms. The van der Waals surface area contributed by atoms with Crippen LogP contribution in [0.15, 0.2) is 18.2 Å². The summed E-state index contributed by atoms with van der Waals surface area (Å²) >= 11 is 2.00. The predicted octanol–water partition coefficient (Wildman–Crippen LogP) is 2.07. The average Bonchev–Trinajstić information content (AvgIpc) is 2.75. The van der Waals surface area contributed by atoms with E-state index in [1.807, 2.05) is 17.8 Å². The average molecular weight is 265 g/mol. The summed E-state index contributed by atoms with van der Waals surface area (Å²) in [6.45, 7) is 3.16. The Morgan fingerprint density at radius 2 is 2.33 bits per heavy atom. The predicted molar refractivity (Wildman–Crippen MR) is 78.0 cm³/mol. The summed E-state index contributed by atoms with van der Waals surface area (Å²) in [5.74, 6) is 0.740. The molecule has 0 bridgehead atoms. The molecule has 1 heterocycles. The second-order valence-corrected chi connectivity index (χ2v) is 6.60. The van der Waals surface area contributed by atoms with E-state index < -0.39 is 5.91 Å². The Morgan fingerprint density at radius 3 is 2.94 bits per heavy atom. The summed E-state index contributed by atoms with van der Waals surface area (Å²) in [4.78, 5) is 11.2. The van der Waals surface area contributed by atoms with Crippen LogP contribution in [-0.4, -0.2) is 23.0 Å². The molecule has 1 fully saturated rings. The molecule has 98 valence electrons. The van der Waals surface area contributed by atoms with Gasteiger partial charge in [0.15, 0.2) is 0 Å².